The molecule has 0 unspecified atom stereocenters. The third-order valence-electron chi connectivity index (χ3n) is 8.60. The zero-order valence-electron chi connectivity index (χ0n) is 25.3. The lowest BCUT2D eigenvalue weighted by Crippen LogP contribution is -2.49. The minimum Gasteiger partial charge on any atom is -0.459 e. The maximum absolute atomic E-state index is 13.8. The van der Waals surface area contributed by atoms with Crippen molar-refractivity contribution in [3.05, 3.63) is 87.5 Å². The highest BCUT2D eigenvalue weighted by atomic mass is 16.7. The van der Waals surface area contributed by atoms with Crippen molar-refractivity contribution in [3.63, 3.8) is 0 Å². The molecule has 3 aliphatic rings. The first-order valence-corrected chi connectivity index (χ1v) is 15.3. The molecule has 44 heavy (non-hydrogen) atoms. The maximum Gasteiger partial charge on any atom is 0.288 e. The van der Waals surface area contributed by atoms with Crippen LogP contribution in [0.2, 0.25) is 0 Å². The summed E-state index contributed by atoms with van der Waals surface area (Å²) in [6.07, 6.45) is 2.82. The summed E-state index contributed by atoms with van der Waals surface area (Å²) in [5, 5.41) is 9.18. The van der Waals surface area contributed by atoms with Crippen molar-refractivity contribution in [3.8, 4) is 17.2 Å². The third kappa shape index (κ3) is 6.26. The summed E-state index contributed by atoms with van der Waals surface area (Å²) >= 11 is 0. The van der Waals surface area contributed by atoms with E-state index >= 15 is 0 Å². The van der Waals surface area contributed by atoms with Crippen LogP contribution in [0.15, 0.2) is 65.2 Å². The third-order valence-corrected chi connectivity index (χ3v) is 8.60. The molecule has 0 saturated carbocycles. The van der Waals surface area contributed by atoms with E-state index in [1.165, 1.54) is 0 Å². The molecule has 0 radical (unpaired) electrons. The molecule has 0 bridgehead atoms. The number of aliphatic hydroxyl groups excluding tert-OH is 1. The number of benzene rings is 2. The number of allylic oxidation sites excluding steroid dienone is 1. The summed E-state index contributed by atoms with van der Waals surface area (Å²) in [6.45, 7) is 5.96. The maximum atomic E-state index is 13.8. The number of carbonyl (C=O) groups excluding carboxylic acids is 1. The van der Waals surface area contributed by atoms with Crippen LogP contribution in [0.4, 0.5) is 0 Å². The van der Waals surface area contributed by atoms with Gasteiger partial charge in [-0.05, 0) is 55.7 Å². The van der Waals surface area contributed by atoms with Crippen LogP contribution < -0.4 is 15.0 Å². The Morgan fingerprint density at radius 3 is 2.57 bits per heavy atom. The highest BCUT2D eigenvalue weighted by Crippen LogP contribution is 2.34. The Morgan fingerprint density at radius 1 is 1.02 bits per heavy atom. The topological polar surface area (TPSA) is 108 Å². The number of aliphatic hydroxyl groups is 1. The zero-order valence-corrected chi connectivity index (χ0v) is 25.3. The van der Waals surface area contributed by atoms with Crippen LogP contribution in [0.25, 0.3) is 5.69 Å². The van der Waals surface area contributed by atoms with Crippen molar-refractivity contribution in [2.75, 3.05) is 46.2 Å². The van der Waals surface area contributed by atoms with Gasteiger partial charge in [0, 0.05) is 70.0 Å². The predicted octanol–water partition coefficient (Wildman–Crippen LogP) is 3.06. The Kier molecular flexibility index (Phi) is 9.06. The van der Waals surface area contributed by atoms with Gasteiger partial charge in [0.25, 0.3) is 11.5 Å². The van der Waals surface area contributed by atoms with Crippen molar-refractivity contribution in [1.82, 2.24) is 19.2 Å². The van der Waals surface area contributed by atoms with Gasteiger partial charge in [0.05, 0.1) is 12.3 Å². The lowest BCUT2D eigenvalue weighted by atomic mass is 9.93. The molecule has 1 fully saturated rings. The Labute approximate surface area is 256 Å². The fraction of sp³-hybridized carbons (Fsp3) is 0.455. The van der Waals surface area contributed by atoms with Crippen LogP contribution in [0, 0.1) is 6.92 Å². The van der Waals surface area contributed by atoms with E-state index in [4.69, 9.17) is 18.9 Å². The normalized spacial score (nSPS) is 20.0. The summed E-state index contributed by atoms with van der Waals surface area (Å²) in [6, 6.07) is 15.5. The van der Waals surface area contributed by atoms with Gasteiger partial charge >= 0.3 is 0 Å². The van der Waals surface area contributed by atoms with Crippen LogP contribution in [-0.2, 0) is 27.9 Å². The SMILES string of the molecule is Cc1c([C@@H]2C=C(C(=O)N3CCN(Cc4ccc5c(c4)OCO5)CC3)O[C@H](OCCCCO)C2)c(=O)n(-c2ccccc2)n1C. The van der Waals surface area contributed by atoms with Crippen LogP contribution in [-0.4, -0.2) is 82.7 Å². The molecule has 1 saturated heterocycles. The van der Waals surface area contributed by atoms with Crippen LogP contribution in [0.1, 0.15) is 42.0 Å². The Hall–Kier alpha value is -4.06. The summed E-state index contributed by atoms with van der Waals surface area (Å²) in [5.74, 6) is 1.19. The van der Waals surface area contributed by atoms with Gasteiger partial charge in [0.1, 0.15) is 0 Å². The predicted molar refractivity (Wildman–Crippen MR) is 163 cm³/mol. The Bertz CT molecular complexity index is 1560. The van der Waals surface area contributed by atoms with Crippen molar-refractivity contribution in [2.45, 2.75) is 44.9 Å². The first-order chi connectivity index (χ1) is 21.4. The number of para-hydroxylation sites is 1. The zero-order chi connectivity index (χ0) is 30.6. The number of hydrogen-bond acceptors (Lipinski definition) is 8. The summed E-state index contributed by atoms with van der Waals surface area (Å²) in [4.78, 5) is 31.8. The van der Waals surface area contributed by atoms with Crippen LogP contribution in [0.3, 0.4) is 0 Å². The molecule has 0 spiro atoms. The number of ether oxygens (including phenoxy) is 4. The highest BCUT2D eigenvalue weighted by Gasteiger charge is 2.35. The first-order valence-electron chi connectivity index (χ1n) is 15.3. The van der Waals surface area contributed by atoms with Crippen LogP contribution >= 0.6 is 0 Å². The van der Waals surface area contributed by atoms with E-state index in [9.17, 15) is 14.7 Å². The van der Waals surface area contributed by atoms with Crippen LogP contribution in [0.5, 0.6) is 11.5 Å². The van der Waals surface area contributed by atoms with Gasteiger partial charge < -0.3 is 29.0 Å². The second-order valence-electron chi connectivity index (χ2n) is 11.5. The number of unbranched alkanes of at least 4 members (excludes halogenated alkanes) is 1. The van der Waals surface area contributed by atoms with E-state index in [0.717, 1.165) is 48.1 Å². The summed E-state index contributed by atoms with van der Waals surface area (Å²) in [7, 11) is 1.87. The average Bonchev–Trinajstić information content (AvgIpc) is 3.60. The molecular formula is C33H40N4O7. The molecule has 1 N–H and O–H groups in total. The summed E-state index contributed by atoms with van der Waals surface area (Å²) < 4.78 is 26.6. The lowest BCUT2D eigenvalue weighted by Gasteiger charge is -2.36. The molecule has 2 aromatic carbocycles. The molecule has 4 heterocycles. The van der Waals surface area contributed by atoms with E-state index < -0.39 is 6.29 Å². The molecule has 11 nitrogen and oxygen atoms in total. The molecule has 234 valence electrons. The minimum atomic E-state index is -0.681. The van der Waals surface area contributed by atoms with E-state index in [2.05, 4.69) is 4.90 Å². The van der Waals surface area contributed by atoms with Gasteiger partial charge in [0.2, 0.25) is 13.1 Å². The number of aromatic nitrogens is 2. The van der Waals surface area contributed by atoms with Crippen molar-refractivity contribution >= 4 is 5.91 Å². The van der Waals surface area contributed by atoms with Crippen molar-refractivity contribution in [2.24, 2.45) is 7.05 Å². The molecule has 1 aromatic heterocycles. The van der Waals surface area contributed by atoms with Gasteiger partial charge in [-0.15, -0.1) is 0 Å². The second-order valence-corrected chi connectivity index (χ2v) is 11.5. The molecule has 2 atom stereocenters. The Morgan fingerprint density at radius 2 is 1.80 bits per heavy atom. The number of nitrogens with zero attached hydrogens (tertiary/aromatic N) is 4. The fourth-order valence-electron chi connectivity index (χ4n) is 6.12. The number of piperazine rings is 1. The molecule has 11 heteroatoms. The monoisotopic (exact) mass is 604 g/mol. The van der Waals surface area contributed by atoms with Gasteiger partial charge in [-0.1, -0.05) is 24.3 Å². The molecule has 6 rings (SSSR count). The second kappa shape index (κ2) is 13.3. The average molecular weight is 605 g/mol. The van der Waals surface area contributed by atoms with Gasteiger partial charge in [-0.25, -0.2) is 4.68 Å². The molecule has 1 amide bonds. The number of amides is 1. The largest absolute Gasteiger partial charge is 0.459 e. The van der Waals surface area contributed by atoms with Gasteiger partial charge in [-0.2, -0.15) is 0 Å². The number of carbonyl (C=O) groups is 1. The highest BCUT2D eigenvalue weighted by molar-refractivity contribution is 5.92. The Balaban J connectivity index is 1.19. The van der Waals surface area contributed by atoms with Gasteiger partial charge in [-0.3, -0.25) is 19.2 Å². The van der Waals surface area contributed by atoms with E-state index in [0.29, 0.717) is 44.5 Å². The number of fused-ring (bicyclic) bond motifs is 1. The first kappa shape index (κ1) is 30.0. The van der Waals surface area contributed by atoms with Gasteiger partial charge in [0.15, 0.2) is 17.3 Å². The quantitative estimate of drug-likeness (QED) is 0.352. The standard InChI is InChI=1S/C33H40N4O7/c1-23-31(33(40)37(34(23)2)26-8-4-3-5-9-26)25-19-29(44-30(20-25)41-17-7-6-16-38)32(39)36-14-12-35(13-15-36)21-24-10-11-27-28(18-24)43-22-42-27/h3-5,8-11,18-19,25,30,38H,6-7,12-17,20-22H2,1-2H3/t25-,30+/m1/s1. The number of hydrogen-bond donors (Lipinski definition) is 1. The van der Waals surface area contributed by atoms with E-state index in [1.54, 1.807) is 10.8 Å². The minimum absolute atomic E-state index is 0.0873. The smallest absolute Gasteiger partial charge is 0.288 e. The number of rotatable bonds is 10. The van der Waals surface area contributed by atoms with Crippen molar-refractivity contribution < 1.29 is 28.8 Å². The molecule has 3 aromatic rings. The summed E-state index contributed by atoms with van der Waals surface area (Å²) in [5.41, 5.74) is 3.24. The molecular weight excluding hydrogens is 564 g/mol. The fourth-order valence-corrected chi connectivity index (χ4v) is 6.12. The lowest BCUT2D eigenvalue weighted by molar-refractivity contribution is -0.154. The molecule has 3 aliphatic heterocycles. The van der Waals surface area contributed by atoms with E-state index in [1.807, 2.05) is 72.1 Å². The van der Waals surface area contributed by atoms with Crippen molar-refractivity contribution in [1.29, 1.82) is 0 Å². The van der Waals surface area contributed by atoms with E-state index in [-0.39, 0.29) is 36.5 Å². The molecule has 0 aliphatic carbocycles.